The van der Waals surface area contributed by atoms with E-state index in [1.807, 2.05) is 7.05 Å². The fourth-order valence-corrected chi connectivity index (χ4v) is 2.98. The van der Waals surface area contributed by atoms with Crippen LogP contribution in [-0.4, -0.2) is 75.2 Å². The van der Waals surface area contributed by atoms with Crippen LogP contribution in [0, 0.1) is 5.41 Å². The summed E-state index contributed by atoms with van der Waals surface area (Å²) in [4.78, 5) is 9.38. The monoisotopic (exact) mass is 467 g/mol. The molecule has 1 aliphatic heterocycles. The molecule has 1 rings (SSSR count). The van der Waals surface area contributed by atoms with Crippen molar-refractivity contribution in [2.75, 3.05) is 53.4 Å². The van der Waals surface area contributed by atoms with Gasteiger partial charge >= 0.3 is 0 Å². The molecule has 1 saturated heterocycles. The third-order valence-electron chi connectivity index (χ3n) is 4.69. The Morgan fingerprint density at radius 1 is 1.16 bits per heavy atom. The van der Waals surface area contributed by atoms with Gasteiger partial charge in [0, 0.05) is 32.7 Å². The van der Waals surface area contributed by atoms with Crippen LogP contribution in [0.1, 0.15) is 53.4 Å². The van der Waals surface area contributed by atoms with Crippen LogP contribution in [0.25, 0.3) is 0 Å². The Hall–Kier alpha value is -0.0800. The van der Waals surface area contributed by atoms with E-state index < -0.39 is 0 Å². The van der Waals surface area contributed by atoms with Gasteiger partial charge in [-0.05, 0) is 64.7 Å². The highest BCUT2D eigenvalue weighted by Crippen LogP contribution is 2.21. The summed E-state index contributed by atoms with van der Waals surface area (Å²) in [5.74, 6) is 0.937. The Balaban J connectivity index is 0.00000576. The van der Waals surface area contributed by atoms with E-state index in [2.05, 4.69) is 60.2 Å². The van der Waals surface area contributed by atoms with E-state index >= 15 is 0 Å². The summed E-state index contributed by atoms with van der Waals surface area (Å²) >= 11 is 0. The lowest BCUT2D eigenvalue weighted by atomic mass is 9.89. The van der Waals surface area contributed by atoms with E-state index in [-0.39, 0.29) is 24.0 Å². The highest BCUT2D eigenvalue weighted by atomic mass is 127. The van der Waals surface area contributed by atoms with E-state index in [0.717, 1.165) is 12.5 Å². The number of nitrogens with one attached hydrogen (secondary N) is 2. The second-order valence-corrected chi connectivity index (χ2v) is 8.50. The minimum absolute atomic E-state index is 0. The van der Waals surface area contributed by atoms with Crippen molar-refractivity contribution in [2.45, 2.75) is 59.4 Å². The van der Waals surface area contributed by atoms with Crippen molar-refractivity contribution >= 4 is 29.9 Å². The average molecular weight is 467 g/mol. The van der Waals surface area contributed by atoms with E-state index in [9.17, 15) is 0 Å². The van der Waals surface area contributed by atoms with E-state index in [0.29, 0.717) is 11.5 Å². The molecule has 5 nitrogen and oxygen atoms in total. The molecule has 1 heterocycles. The van der Waals surface area contributed by atoms with Crippen molar-refractivity contribution in [1.29, 1.82) is 0 Å². The van der Waals surface area contributed by atoms with Gasteiger partial charge in [-0.25, -0.2) is 0 Å². The molecule has 1 atom stereocenters. The van der Waals surface area contributed by atoms with Crippen LogP contribution >= 0.6 is 24.0 Å². The summed E-state index contributed by atoms with van der Waals surface area (Å²) in [6.07, 6.45) is 4.85. The molecule has 0 aromatic rings. The molecular weight excluding hydrogens is 425 g/mol. The van der Waals surface area contributed by atoms with Gasteiger partial charge in [-0.15, -0.1) is 24.0 Å². The van der Waals surface area contributed by atoms with Crippen LogP contribution in [0.3, 0.4) is 0 Å². The highest BCUT2D eigenvalue weighted by molar-refractivity contribution is 14.0. The van der Waals surface area contributed by atoms with Gasteiger partial charge in [0.05, 0.1) is 0 Å². The molecule has 0 saturated carbocycles. The maximum Gasteiger partial charge on any atom is 0.191 e. The molecule has 1 aliphatic rings. The van der Waals surface area contributed by atoms with Gasteiger partial charge in [0.15, 0.2) is 5.96 Å². The molecule has 1 unspecified atom stereocenters. The van der Waals surface area contributed by atoms with Crippen molar-refractivity contribution in [1.82, 2.24) is 20.4 Å². The Morgan fingerprint density at radius 3 is 2.52 bits per heavy atom. The number of aliphatic imine (C=N–C) groups is 1. The summed E-state index contributed by atoms with van der Waals surface area (Å²) in [7, 11) is 4.08. The molecule has 0 amide bonds. The Morgan fingerprint density at radius 2 is 1.88 bits per heavy atom. The molecule has 0 aromatic heterocycles. The average Bonchev–Trinajstić information content (AvgIpc) is 2.72. The van der Waals surface area contributed by atoms with Gasteiger partial charge in [0.1, 0.15) is 0 Å². The Kier molecular flexibility index (Phi) is 13.1. The van der Waals surface area contributed by atoms with Gasteiger partial charge in [0.25, 0.3) is 0 Å². The van der Waals surface area contributed by atoms with Gasteiger partial charge in [-0.1, -0.05) is 20.8 Å². The minimum Gasteiger partial charge on any atom is -0.356 e. The smallest absolute Gasteiger partial charge is 0.191 e. The van der Waals surface area contributed by atoms with Crippen LogP contribution in [0.4, 0.5) is 0 Å². The number of guanidine groups is 1. The second kappa shape index (κ2) is 13.1. The molecule has 0 radical (unpaired) electrons. The number of halogens is 1. The molecule has 0 aromatic carbocycles. The van der Waals surface area contributed by atoms with Gasteiger partial charge in [-0.3, -0.25) is 4.99 Å². The molecule has 0 aliphatic carbocycles. The van der Waals surface area contributed by atoms with E-state index in [4.69, 9.17) is 0 Å². The van der Waals surface area contributed by atoms with Gasteiger partial charge in [0.2, 0.25) is 0 Å². The first kappa shape index (κ1) is 24.9. The summed E-state index contributed by atoms with van der Waals surface area (Å²) in [5, 5.41) is 6.98. The first-order chi connectivity index (χ1) is 11.3. The van der Waals surface area contributed by atoms with Crippen molar-refractivity contribution in [3.05, 3.63) is 0 Å². The van der Waals surface area contributed by atoms with Crippen molar-refractivity contribution in [2.24, 2.45) is 10.4 Å². The summed E-state index contributed by atoms with van der Waals surface area (Å²) in [5.41, 5.74) is 0.397. The first-order valence-electron chi connectivity index (χ1n) is 9.68. The van der Waals surface area contributed by atoms with E-state index in [1.165, 1.54) is 58.4 Å². The Bertz CT molecular complexity index is 367. The molecule has 150 valence electrons. The fourth-order valence-electron chi connectivity index (χ4n) is 2.98. The summed E-state index contributed by atoms with van der Waals surface area (Å²) in [6.45, 7) is 16.2. The van der Waals surface area contributed by atoms with Crippen LogP contribution in [0.15, 0.2) is 4.99 Å². The first-order valence-corrected chi connectivity index (χ1v) is 9.68. The molecule has 25 heavy (non-hydrogen) atoms. The zero-order valence-electron chi connectivity index (χ0n) is 17.4. The van der Waals surface area contributed by atoms with Crippen LogP contribution < -0.4 is 10.6 Å². The lowest BCUT2D eigenvalue weighted by Gasteiger charge is -2.23. The predicted octanol–water partition coefficient (Wildman–Crippen LogP) is 3.01. The third kappa shape index (κ3) is 12.8. The molecule has 2 N–H and O–H groups in total. The second-order valence-electron chi connectivity index (χ2n) is 8.50. The van der Waals surface area contributed by atoms with Crippen LogP contribution in [-0.2, 0) is 0 Å². The lowest BCUT2D eigenvalue weighted by Crippen LogP contribution is -2.43. The fraction of sp³-hybridized carbons (Fsp3) is 0.947. The number of likely N-dealkylation sites (N-methyl/N-ethyl adjacent to an activating group) is 1. The molecule has 0 spiro atoms. The van der Waals surface area contributed by atoms with Gasteiger partial charge in [-0.2, -0.15) is 0 Å². The maximum absolute atomic E-state index is 4.36. The minimum atomic E-state index is 0. The summed E-state index contributed by atoms with van der Waals surface area (Å²) in [6, 6.07) is 0.455. The maximum atomic E-state index is 4.36. The van der Waals surface area contributed by atoms with E-state index in [1.54, 1.807) is 0 Å². The molecular formula is C19H42IN5. The lowest BCUT2D eigenvalue weighted by molar-refractivity contribution is 0.273. The SMILES string of the molecule is CN=C(NCCCN1CCCN(C)CC1)NC(C)CCC(C)(C)C.I. The van der Waals surface area contributed by atoms with Crippen molar-refractivity contribution in [3.63, 3.8) is 0 Å². The highest BCUT2D eigenvalue weighted by Gasteiger charge is 2.14. The Labute approximate surface area is 173 Å². The largest absolute Gasteiger partial charge is 0.356 e. The molecule has 0 bridgehead atoms. The molecule has 6 heteroatoms. The predicted molar refractivity (Wildman–Crippen MR) is 121 cm³/mol. The normalized spacial score (nSPS) is 19.0. The number of rotatable bonds is 7. The van der Waals surface area contributed by atoms with Crippen LogP contribution in [0.2, 0.25) is 0 Å². The zero-order valence-corrected chi connectivity index (χ0v) is 19.7. The number of hydrogen-bond acceptors (Lipinski definition) is 3. The van der Waals surface area contributed by atoms with Crippen LogP contribution in [0.5, 0.6) is 0 Å². The standard InChI is InChI=1S/C19H41N5.HI/c1-17(9-10-19(2,3)4)22-18(20-5)21-11-7-13-24-14-8-12-23(6)15-16-24;/h17H,7-16H2,1-6H3,(H2,20,21,22);1H. The zero-order chi connectivity index (χ0) is 18.0. The summed E-state index contributed by atoms with van der Waals surface area (Å²) < 4.78 is 0. The van der Waals surface area contributed by atoms with Crippen molar-refractivity contribution in [3.8, 4) is 0 Å². The third-order valence-corrected chi connectivity index (χ3v) is 4.69. The molecule has 1 fully saturated rings. The number of nitrogens with zero attached hydrogens (tertiary/aromatic N) is 3. The quantitative estimate of drug-likeness (QED) is 0.262. The topological polar surface area (TPSA) is 42.9 Å². The van der Waals surface area contributed by atoms with Crippen molar-refractivity contribution < 1.29 is 0 Å². The number of hydrogen-bond donors (Lipinski definition) is 2. The van der Waals surface area contributed by atoms with Gasteiger partial charge < -0.3 is 20.4 Å².